The first kappa shape index (κ1) is 23.3. The molecule has 2 N–H and O–H groups in total. The molecule has 9 heteroatoms. The van der Waals surface area contributed by atoms with Gasteiger partial charge in [0.1, 0.15) is 18.6 Å². The predicted molar refractivity (Wildman–Crippen MR) is 105 cm³/mol. The zero-order valence-electron chi connectivity index (χ0n) is 15.7. The van der Waals surface area contributed by atoms with Crippen molar-refractivity contribution in [3.8, 4) is 5.75 Å². The average Bonchev–Trinajstić information content (AvgIpc) is 2.65. The summed E-state index contributed by atoms with van der Waals surface area (Å²) in [6, 6.07) is 10.2. The van der Waals surface area contributed by atoms with Crippen molar-refractivity contribution in [1.82, 2.24) is 10.3 Å². The Morgan fingerprint density at radius 3 is 2.54 bits per heavy atom. The third kappa shape index (κ3) is 9.79. The smallest absolute Gasteiger partial charge is 0.261 e. The lowest BCUT2D eigenvalue weighted by Gasteiger charge is -2.14. The number of aldehydes is 1. The number of nitrogens with zero attached hydrogens (tertiary/aromatic N) is 1. The standard InChI is InChI=1S/C18H20N2O3.CH4O3S/c1-2-6-15(12-21)20-18(22)16-8-3-4-9-17(16)23-13-14-7-5-10-19-11-14;1-5(2,3)4/h3-5,7-12,15H,2,6,13H2,1H3,(H,20,22);1H3,(H,2,3,4). The van der Waals surface area contributed by atoms with Crippen LogP contribution in [0.2, 0.25) is 0 Å². The number of hydrogen-bond donors (Lipinski definition) is 2. The van der Waals surface area contributed by atoms with Gasteiger partial charge in [-0.25, -0.2) is 0 Å². The third-order valence-corrected chi connectivity index (χ3v) is 3.33. The first-order chi connectivity index (χ1) is 13.2. The van der Waals surface area contributed by atoms with E-state index in [9.17, 15) is 18.0 Å². The minimum atomic E-state index is -3.67. The Morgan fingerprint density at radius 2 is 1.96 bits per heavy atom. The summed E-state index contributed by atoms with van der Waals surface area (Å²) in [5, 5.41) is 2.72. The van der Waals surface area contributed by atoms with E-state index in [1.165, 1.54) is 0 Å². The molecule has 1 aromatic carbocycles. The lowest BCUT2D eigenvalue weighted by molar-refractivity contribution is -0.109. The molecule has 1 aromatic heterocycles. The van der Waals surface area contributed by atoms with Crippen molar-refractivity contribution in [1.29, 1.82) is 0 Å². The number of aromatic nitrogens is 1. The fourth-order valence-electron chi connectivity index (χ4n) is 2.16. The van der Waals surface area contributed by atoms with E-state index in [-0.39, 0.29) is 5.91 Å². The van der Waals surface area contributed by atoms with Crippen molar-refractivity contribution < 1.29 is 27.3 Å². The van der Waals surface area contributed by atoms with Crippen LogP contribution in [-0.2, 0) is 21.5 Å². The van der Waals surface area contributed by atoms with Gasteiger partial charge in [0.25, 0.3) is 16.0 Å². The maximum atomic E-state index is 12.4. The Morgan fingerprint density at radius 1 is 1.29 bits per heavy atom. The van der Waals surface area contributed by atoms with Crippen LogP contribution < -0.4 is 10.1 Å². The Hall–Kier alpha value is -2.78. The molecule has 2 aromatic rings. The lowest BCUT2D eigenvalue weighted by atomic mass is 10.1. The molecule has 1 amide bonds. The van der Waals surface area contributed by atoms with E-state index in [4.69, 9.17) is 9.29 Å². The van der Waals surface area contributed by atoms with E-state index in [0.717, 1.165) is 18.3 Å². The van der Waals surface area contributed by atoms with Gasteiger partial charge in [-0.05, 0) is 24.6 Å². The van der Waals surface area contributed by atoms with Crippen molar-refractivity contribution in [2.45, 2.75) is 32.4 Å². The van der Waals surface area contributed by atoms with Crippen LogP contribution in [0.3, 0.4) is 0 Å². The molecule has 0 aliphatic heterocycles. The molecule has 0 saturated heterocycles. The number of para-hydroxylation sites is 1. The van der Waals surface area contributed by atoms with Crippen LogP contribution in [0.4, 0.5) is 0 Å². The second-order valence-corrected chi connectivity index (χ2v) is 7.35. The minimum Gasteiger partial charge on any atom is -0.488 e. The number of amides is 1. The highest BCUT2D eigenvalue weighted by atomic mass is 32.2. The molecular formula is C19H24N2O6S. The molecular weight excluding hydrogens is 384 g/mol. The quantitative estimate of drug-likeness (QED) is 0.507. The molecule has 0 spiro atoms. The zero-order chi connectivity index (χ0) is 21.0. The number of pyridine rings is 1. The summed E-state index contributed by atoms with van der Waals surface area (Å²) < 4.78 is 31.6. The molecule has 1 heterocycles. The van der Waals surface area contributed by atoms with Crippen LogP contribution in [-0.4, -0.2) is 42.4 Å². The largest absolute Gasteiger partial charge is 0.488 e. The number of carbonyl (C=O) groups is 2. The third-order valence-electron chi connectivity index (χ3n) is 3.33. The molecule has 0 radical (unpaired) electrons. The lowest BCUT2D eigenvalue weighted by Crippen LogP contribution is -2.36. The van der Waals surface area contributed by atoms with Crippen molar-refractivity contribution in [2.24, 2.45) is 0 Å². The highest BCUT2D eigenvalue weighted by Gasteiger charge is 2.16. The number of benzene rings is 1. The number of nitrogens with one attached hydrogen (secondary N) is 1. The highest BCUT2D eigenvalue weighted by Crippen LogP contribution is 2.19. The van der Waals surface area contributed by atoms with E-state index in [2.05, 4.69) is 10.3 Å². The number of rotatable bonds is 8. The maximum Gasteiger partial charge on any atom is 0.261 e. The van der Waals surface area contributed by atoms with Gasteiger partial charge in [0.15, 0.2) is 0 Å². The average molecular weight is 408 g/mol. The van der Waals surface area contributed by atoms with Gasteiger partial charge in [-0.2, -0.15) is 8.42 Å². The number of carbonyl (C=O) groups excluding carboxylic acids is 2. The van der Waals surface area contributed by atoms with Gasteiger partial charge in [-0.15, -0.1) is 0 Å². The SMILES string of the molecule is CCCC(C=O)NC(=O)c1ccccc1OCc1cccnc1.CS(=O)(=O)O. The van der Waals surface area contributed by atoms with Gasteiger partial charge in [0, 0.05) is 18.0 Å². The maximum absolute atomic E-state index is 12.4. The fraction of sp³-hybridized carbons (Fsp3) is 0.316. The summed E-state index contributed by atoms with van der Waals surface area (Å²) in [5.74, 6) is 0.173. The van der Waals surface area contributed by atoms with E-state index >= 15 is 0 Å². The van der Waals surface area contributed by atoms with E-state index in [1.807, 2.05) is 19.1 Å². The van der Waals surface area contributed by atoms with Crippen LogP contribution in [0.25, 0.3) is 0 Å². The molecule has 0 aliphatic carbocycles. The first-order valence-corrected chi connectivity index (χ1v) is 10.4. The predicted octanol–water partition coefficient (Wildman–Crippen LogP) is 2.26. The van der Waals surface area contributed by atoms with Gasteiger partial charge in [-0.3, -0.25) is 14.3 Å². The molecule has 2 rings (SSSR count). The molecule has 1 unspecified atom stereocenters. The Balaban J connectivity index is 0.000000696. The molecule has 0 saturated carbocycles. The van der Waals surface area contributed by atoms with E-state index in [1.54, 1.807) is 36.7 Å². The van der Waals surface area contributed by atoms with Gasteiger partial charge in [-0.1, -0.05) is 31.5 Å². The van der Waals surface area contributed by atoms with Crippen LogP contribution >= 0.6 is 0 Å². The van der Waals surface area contributed by atoms with E-state index < -0.39 is 16.2 Å². The number of ether oxygens (including phenoxy) is 1. The van der Waals surface area contributed by atoms with Crippen molar-refractivity contribution in [3.05, 3.63) is 59.9 Å². The molecule has 0 bridgehead atoms. The number of hydrogen-bond acceptors (Lipinski definition) is 6. The normalized spacial score (nSPS) is 11.5. The molecule has 8 nitrogen and oxygen atoms in total. The van der Waals surface area contributed by atoms with Crippen LogP contribution in [0.1, 0.15) is 35.7 Å². The molecule has 28 heavy (non-hydrogen) atoms. The first-order valence-electron chi connectivity index (χ1n) is 8.54. The zero-order valence-corrected chi connectivity index (χ0v) is 16.6. The van der Waals surface area contributed by atoms with Gasteiger partial charge >= 0.3 is 0 Å². The van der Waals surface area contributed by atoms with Crippen molar-refractivity contribution >= 4 is 22.3 Å². The summed E-state index contributed by atoms with van der Waals surface area (Å²) in [6.45, 7) is 2.29. The Kier molecular flexibility index (Phi) is 9.83. The van der Waals surface area contributed by atoms with Gasteiger partial charge in [0.2, 0.25) is 0 Å². The van der Waals surface area contributed by atoms with Crippen molar-refractivity contribution in [3.63, 3.8) is 0 Å². The molecule has 152 valence electrons. The van der Waals surface area contributed by atoms with Crippen molar-refractivity contribution in [2.75, 3.05) is 6.26 Å². The summed E-state index contributed by atoms with van der Waals surface area (Å²) in [7, 11) is -3.67. The second kappa shape index (κ2) is 11.8. The van der Waals surface area contributed by atoms with Crippen LogP contribution in [0.5, 0.6) is 5.75 Å². The summed E-state index contributed by atoms with van der Waals surface area (Å²) >= 11 is 0. The summed E-state index contributed by atoms with van der Waals surface area (Å²) in [4.78, 5) is 27.4. The van der Waals surface area contributed by atoms with Crippen LogP contribution in [0.15, 0.2) is 48.8 Å². The van der Waals surface area contributed by atoms with E-state index in [0.29, 0.717) is 30.6 Å². The second-order valence-electron chi connectivity index (χ2n) is 5.88. The molecule has 0 fully saturated rings. The Labute approximate surface area is 164 Å². The Bertz CT molecular complexity index is 848. The monoisotopic (exact) mass is 408 g/mol. The summed E-state index contributed by atoms with van der Waals surface area (Å²) in [5.41, 5.74) is 1.33. The summed E-state index contributed by atoms with van der Waals surface area (Å²) in [6.07, 6.45) is 6.33. The van der Waals surface area contributed by atoms with Crippen LogP contribution in [0, 0.1) is 0 Å². The fourth-order valence-corrected chi connectivity index (χ4v) is 2.16. The van der Waals surface area contributed by atoms with Gasteiger partial charge in [0.05, 0.1) is 17.9 Å². The highest BCUT2D eigenvalue weighted by molar-refractivity contribution is 7.85. The molecule has 0 aliphatic rings. The molecule has 1 atom stereocenters. The minimum absolute atomic E-state index is 0.308. The topological polar surface area (TPSA) is 123 Å². The van der Waals surface area contributed by atoms with Gasteiger partial charge < -0.3 is 14.8 Å².